The molecule has 0 amide bonds. The van der Waals surface area contributed by atoms with E-state index in [1.807, 2.05) is 25.1 Å². The Balaban J connectivity index is 2.23. The van der Waals surface area contributed by atoms with Gasteiger partial charge in [0.15, 0.2) is 0 Å². The zero-order chi connectivity index (χ0) is 11.1. The summed E-state index contributed by atoms with van der Waals surface area (Å²) in [5, 5.41) is 0. The molecule has 0 saturated heterocycles. The molecule has 0 aliphatic heterocycles. The van der Waals surface area contributed by atoms with Crippen LogP contribution in [-0.2, 0) is 10.8 Å². The average molecular weight is 227 g/mol. The maximum absolute atomic E-state index is 11.1. The molecule has 2 N–H and O–H groups in total. The number of nitrogen functional groups attached to an aromatic ring is 1. The zero-order valence-corrected chi connectivity index (χ0v) is 9.76. The summed E-state index contributed by atoms with van der Waals surface area (Å²) in [7, 11) is -0.694. The fraction of sp³-hybridized carbons (Fsp3) is 0.455. The largest absolute Gasteiger partial charge is 0.493 e. The summed E-state index contributed by atoms with van der Waals surface area (Å²) in [6, 6.07) is 7.33. The molecule has 0 radical (unpaired) electrons. The van der Waals surface area contributed by atoms with Gasteiger partial charge in [-0.2, -0.15) is 0 Å². The van der Waals surface area contributed by atoms with Crippen LogP contribution in [0.25, 0.3) is 0 Å². The lowest BCUT2D eigenvalue weighted by atomic mass is 10.3. The summed E-state index contributed by atoms with van der Waals surface area (Å²) in [4.78, 5) is 0. The van der Waals surface area contributed by atoms with Crippen LogP contribution in [0.5, 0.6) is 5.75 Å². The normalized spacial score (nSPS) is 12.3. The van der Waals surface area contributed by atoms with Gasteiger partial charge in [0.1, 0.15) is 5.75 Å². The molecule has 1 atom stereocenters. The van der Waals surface area contributed by atoms with Gasteiger partial charge in [0.2, 0.25) is 0 Å². The third kappa shape index (κ3) is 4.83. The number of hydrogen-bond acceptors (Lipinski definition) is 3. The van der Waals surface area contributed by atoms with E-state index in [0.29, 0.717) is 18.0 Å². The molecule has 1 aromatic rings. The van der Waals surface area contributed by atoms with Crippen LogP contribution in [0.1, 0.15) is 13.3 Å². The van der Waals surface area contributed by atoms with E-state index in [-0.39, 0.29) is 0 Å². The van der Waals surface area contributed by atoms with Crippen molar-refractivity contribution in [2.45, 2.75) is 13.3 Å². The maximum atomic E-state index is 11.1. The second-order valence-electron chi connectivity index (χ2n) is 3.21. The van der Waals surface area contributed by atoms with Crippen molar-refractivity contribution in [1.29, 1.82) is 0 Å². The van der Waals surface area contributed by atoms with E-state index >= 15 is 0 Å². The van der Waals surface area contributed by atoms with Gasteiger partial charge in [0, 0.05) is 34.1 Å². The van der Waals surface area contributed by atoms with Crippen LogP contribution in [-0.4, -0.2) is 22.3 Å². The number of nitrogens with two attached hydrogens (primary N) is 1. The zero-order valence-electron chi connectivity index (χ0n) is 8.94. The molecule has 0 bridgehead atoms. The molecule has 84 valence electrons. The van der Waals surface area contributed by atoms with Crippen molar-refractivity contribution in [1.82, 2.24) is 0 Å². The summed E-state index contributed by atoms with van der Waals surface area (Å²) in [6.45, 7) is 2.52. The standard InChI is InChI=1S/C11H17NO2S/c1-2-15(13)8-4-7-14-11-6-3-5-10(12)9-11/h3,5-6,9H,2,4,7-8,12H2,1H3. The van der Waals surface area contributed by atoms with E-state index in [9.17, 15) is 4.21 Å². The van der Waals surface area contributed by atoms with Crippen LogP contribution < -0.4 is 10.5 Å². The topological polar surface area (TPSA) is 52.3 Å². The van der Waals surface area contributed by atoms with Crippen LogP contribution >= 0.6 is 0 Å². The monoisotopic (exact) mass is 227 g/mol. The van der Waals surface area contributed by atoms with Gasteiger partial charge in [0.05, 0.1) is 6.61 Å². The van der Waals surface area contributed by atoms with E-state index < -0.39 is 10.8 Å². The molecule has 0 aliphatic carbocycles. The Labute approximate surface area is 93.1 Å². The minimum absolute atomic E-state index is 0.592. The Morgan fingerprint density at radius 3 is 2.93 bits per heavy atom. The van der Waals surface area contributed by atoms with Crippen molar-refractivity contribution in [2.75, 3.05) is 23.8 Å². The molecular weight excluding hydrogens is 210 g/mol. The van der Waals surface area contributed by atoms with Gasteiger partial charge in [0.25, 0.3) is 0 Å². The second-order valence-corrected chi connectivity index (χ2v) is 5.07. The first-order valence-corrected chi connectivity index (χ1v) is 6.54. The number of rotatable bonds is 6. The van der Waals surface area contributed by atoms with E-state index in [1.54, 1.807) is 6.07 Å². The van der Waals surface area contributed by atoms with E-state index in [0.717, 1.165) is 17.9 Å². The van der Waals surface area contributed by atoms with Gasteiger partial charge in [-0.25, -0.2) is 0 Å². The highest BCUT2D eigenvalue weighted by molar-refractivity contribution is 7.84. The summed E-state index contributed by atoms with van der Waals surface area (Å²) in [6.07, 6.45) is 0.815. The first kappa shape index (κ1) is 12.0. The minimum Gasteiger partial charge on any atom is -0.493 e. The van der Waals surface area contributed by atoms with Crippen LogP contribution in [0, 0.1) is 0 Å². The fourth-order valence-corrected chi connectivity index (χ4v) is 1.89. The smallest absolute Gasteiger partial charge is 0.121 e. The lowest BCUT2D eigenvalue weighted by molar-refractivity contribution is 0.318. The molecule has 3 nitrogen and oxygen atoms in total. The second kappa shape index (κ2) is 6.45. The molecule has 1 unspecified atom stereocenters. The molecule has 0 heterocycles. The van der Waals surface area contributed by atoms with Crippen molar-refractivity contribution in [3.63, 3.8) is 0 Å². The molecule has 1 rings (SSSR count). The number of hydrogen-bond donors (Lipinski definition) is 1. The third-order valence-corrected chi connectivity index (χ3v) is 3.35. The van der Waals surface area contributed by atoms with Crippen molar-refractivity contribution < 1.29 is 8.95 Å². The van der Waals surface area contributed by atoms with E-state index in [4.69, 9.17) is 10.5 Å². The maximum Gasteiger partial charge on any atom is 0.121 e. The number of anilines is 1. The lowest BCUT2D eigenvalue weighted by Crippen LogP contribution is -2.05. The summed E-state index contributed by atoms with van der Waals surface area (Å²) >= 11 is 0. The SMILES string of the molecule is CCS(=O)CCCOc1cccc(N)c1. The first-order chi connectivity index (χ1) is 7.22. The molecule has 4 heteroatoms. The van der Waals surface area contributed by atoms with Crippen molar-refractivity contribution in [3.05, 3.63) is 24.3 Å². The van der Waals surface area contributed by atoms with Crippen molar-refractivity contribution in [2.24, 2.45) is 0 Å². The first-order valence-electron chi connectivity index (χ1n) is 5.05. The molecular formula is C11H17NO2S. The fourth-order valence-electron chi connectivity index (χ4n) is 1.16. The Bertz CT molecular complexity index is 328. The van der Waals surface area contributed by atoms with E-state index in [1.165, 1.54) is 0 Å². The van der Waals surface area contributed by atoms with Crippen LogP contribution in [0.4, 0.5) is 5.69 Å². The third-order valence-electron chi connectivity index (χ3n) is 1.97. The van der Waals surface area contributed by atoms with E-state index in [2.05, 4.69) is 0 Å². The molecule has 1 aromatic carbocycles. The van der Waals surface area contributed by atoms with Gasteiger partial charge in [-0.15, -0.1) is 0 Å². The molecule has 0 fully saturated rings. The number of benzene rings is 1. The van der Waals surface area contributed by atoms with Gasteiger partial charge in [-0.1, -0.05) is 13.0 Å². The molecule has 15 heavy (non-hydrogen) atoms. The quantitative estimate of drug-likeness (QED) is 0.595. The predicted molar refractivity (Wildman–Crippen MR) is 64.5 cm³/mol. The van der Waals surface area contributed by atoms with Crippen LogP contribution in [0.2, 0.25) is 0 Å². The summed E-state index contributed by atoms with van der Waals surface area (Å²) < 4.78 is 16.6. The highest BCUT2D eigenvalue weighted by Crippen LogP contribution is 2.14. The van der Waals surface area contributed by atoms with Crippen molar-refractivity contribution in [3.8, 4) is 5.75 Å². The highest BCUT2D eigenvalue weighted by atomic mass is 32.2. The van der Waals surface area contributed by atoms with Crippen LogP contribution in [0.3, 0.4) is 0 Å². The predicted octanol–water partition coefficient (Wildman–Crippen LogP) is 1.81. The van der Waals surface area contributed by atoms with Gasteiger partial charge in [-0.05, 0) is 18.6 Å². The van der Waals surface area contributed by atoms with Gasteiger partial charge >= 0.3 is 0 Å². The lowest BCUT2D eigenvalue weighted by Gasteiger charge is -2.06. The van der Waals surface area contributed by atoms with Gasteiger partial charge < -0.3 is 10.5 Å². The highest BCUT2D eigenvalue weighted by Gasteiger charge is 1.97. The average Bonchev–Trinajstić information content (AvgIpc) is 2.24. The Morgan fingerprint density at radius 2 is 2.27 bits per heavy atom. The molecule has 0 spiro atoms. The molecule has 0 aliphatic rings. The number of ether oxygens (including phenoxy) is 1. The van der Waals surface area contributed by atoms with Crippen molar-refractivity contribution >= 4 is 16.5 Å². The Hall–Kier alpha value is -1.03. The van der Waals surface area contributed by atoms with Gasteiger partial charge in [-0.3, -0.25) is 4.21 Å². The Kier molecular flexibility index (Phi) is 5.18. The summed E-state index contributed by atoms with van der Waals surface area (Å²) in [5.74, 6) is 2.20. The Morgan fingerprint density at radius 1 is 1.47 bits per heavy atom. The van der Waals surface area contributed by atoms with Crippen LogP contribution in [0.15, 0.2) is 24.3 Å². The molecule has 0 aromatic heterocycles. The summed E-state index contributed by atoms with van der Waals surface area (Å²) in [5.41, 5.74) is 6.30. The minimum atomic E-state index is -0.694. The molecule has 0 saturated carbocycles.